The van der Waals surface area contributed by atoms with Gasteiger partial charge in [0.2, 0.25) is 10.0 Å². The van der Waals surface area contributed by atoms with E-state index in [9.17, 15) is 12.8 Å². The molecule has 0 bridgehead atoms. The molecule has 1 unspecified atom stereocenters. The maximum absolute atomic E-state index is 13.5. The summed E-state index contributed by atoms with van der Waals surface area (Å²) >= 11 is 3.07. The van der Waals surface area contributed by atoms with Crippen molar-refractivity contribution in [1.82, 2.24) is 9.62 Å². The number of hydrogen-bond acceptors (Lipinski definition) is 3. The van der Waals surface area contributed by atoms with Gasteiger partial charge in [0.25, 0.3) is 0 Å². The van der Waals surface area contributed by atoms with Gasteiger partial charge in [0.1, 0.15) is 5.82 Å². The lowest BCUT2D eigenvalue weighted by Gasteiger charge is -2.28. The lowest BCUT2D eigenvalue weighted by Crippen LogP contribution is -2.42. The zero-order chi connectivity index (χ0) is 15.6. The molecule has 1 heterocycles. The molecule has 2 rings (SSSR count). The van der Waals surface area contributed by atoms with Crippen LogP contribution in [0.3, 0.4) is 0 Å². The van der Waals surface area contributed by atoms with E-state index in [1.165, 1.54) is 12.1 Å². The van der Waals surface area contributed by atoms with Gasteiger partial charge in [-0.1, -0.05) is 6.92 Å². The average Bonchev–Trinajstić information content (AvgIpc) is 2.93. The first-order valence-electron chi connectivity index (χ1n) is 7.06. The van der Waals surface area contributed by atoms with Crippen LogP contribution < -0.4 is 5.32 Å². The lowest BCUT2D eigenvalue weighted by molar-refractivity contribution is 0.335. The molecule has 1 saturated heterocycles. The fourth-order valence-corrected chi connectivity index (χ4v) is 5.11. The summed E-state index contributed by atoms with van der Waals surface area (Å²) in [6.45, 7) is 5.55. The Balaban J connectivity index is 2.45. The number of hydrogen-bond donors (Lipinski definition) is 1. The van der Waals surface area contributed by atoms with Gasteiger partial charge in [0.15, 0.2) is 0 Å². The number of nitrogens with zero attached hydrogens (tertiary/aromatic N) is 1. The normalized spacial score (nSPS) is 19.4. The van der Waals surface area contributed by atoms with Gasteiger partial charge >= 0.3 is 0 Å². The minimum Gasteiger partial charge on any atom is -0.315 e. The van der Waals surface area contributed by atoms with E-state index in [-0.39, 0.29) is 15.4 Å². The van der Waals surface area contributed by atoms with Gasteiger partial charge in [-0.3, -0.25) is 0 Å². The summed E-state index contributed by atoms with van der Waals surface area (Å²) in [5.41, 5.74) is 0.433. The molecule has 0 aromatic heterocycles. The Morgan fingerprint density at radius 1 is 1.48 bits per heavy atom. The van der Waals surface area contributed by atoms with E-state index in [2.05, 4.69) is 21.2 Å². The molecule has 0 saturated carbocycles. The zero-order valence-corrected chi connectivity index (χ0v) is 14.6. The average molecular weight is 379 g/mol. The molecule has 0 aliphatic carbocycles. The van der Waals surface area contributed by atoms with Crippen molar-refractivity contribution >= 4 is 26.0 Å². The van der Waals surface area contributed by atoms with E-state index in [1.807, 2.05) is 6.92 Å². The third kappa shape index (κ3) is 3.47. The highest BCUT2D eigenvalue weighted by Gasteiger charge is 2.33. The summed E-state index contributed by atoms with van der Waals surface area (Å²) in [5, 5.41) is 3.19. The van der Waals surface area contributed by atoms with Crippen molar-refractivity contribution in [2.75, 3.05) is 19.6 Å². The van der Waals surface area contributed by atoms with Crippen LogP contribution in [0.4, 0.5) is 4.39 Å². The Kier molecular flexibility index (Phi) is 5.40. The van der Waals surface area contributed by atoms with Crippen molar-refractivity contribution in [3.05, 3.63) is 28.0 Å². The van der Waals surface area contributed by atoms with Crippen LogP contribution in [0.25, 0.3) is 0 Å². The summed E-state index contributed by atoms with van der Waals surface area (Å²) in [4.78, 5) is 0.177. The van der Waals surface area contributed by atoms with E-state index < -0.39 is 15.8 Å². The molecule has 0 radical (unpaired) electrons. The summed E-state index contributed by atoms with van der Waals surface area (Å²) in [6.07, 6.45) is 1.55. The third-order valence-electron chi connectivity index (χ3n) is 3.69. The Labute approximate surface area is 133 Å². The van der Waals surface area contributed by atoms with Crippen LogP contribution in [0, 0.1) is 12.7 Å². The predicted molar refractivity (Wildman–Crippen MR) is 84.3 cm³/mol. The first kappa shape index (κ1) is 16.9. The quantitative estimate of drug-likeness (QED) is 0.856. The lowest BCUT2D eigenvalue weighted by atomic mass is 10.2. The van der Waals surface area contributed by atoms with Crippen LogP contribution in [0.5, 0.6) is 0 Å². The first-order valence-corrected chi connectivity index (χ1v) is 9.29. The van der Waals surface area contributed by atoms with Crippen LogP contribution in [-0.2, 0) is 10.0 Å². The second-order valence-corrected chi connectivity index (χ2v) is 8.01. The molecule has 1 atom stereocenters. The number of sulfonamides is 1. The van der Waals surface area contributed by atoms with Gasteiger partial charge in [-0.15, -0.1) is 0 Å². The molecule has 0 amide bonds. The monoisotopic (exact) mass is 378 g/mol. The Morgan fingerprint density at radius 2 is 2.19 bits per heavy atom. The molecule has 21 heavy (non-hydrogen) atoms. The van der Waals surface area contributed by atoms with Crippen molar-refractivity contribution in [3.8, 4) is 0 Å². The van der Waals surface area contributed by atoms with Crippen molar-refractivity contribution in [2.45, 2.75) is 37.6 Å². The fraction of sp³-hybridized carbons (Fsp3) is 0.571. The predicted octanol–water partition coefficient (Wildman–Crippen LogP) is 2.66. The van der Waals surface area contributed by atoms with Crippen molar-refractivity contribution in [2.24, 2.45) is 0 Å². The summed E-state index contributed by atoms with van der Waals surface area (Å²) in [6, 6.07) is 2.59. The molecule has 1 N–H and O–H groups in total. The van der Waals surface area contributed by atoms with Gasteiger partial charge in [0, 0.05) is 19.1 Å². The van der Waals surface area contributed by atoms with Crippen LogP contribution in [0.2, 0.25) is 0 Å². The number of halogens is 2. The summed E-state index contributed by atoms with van der Waals surface area (Å²) in [7, 11) is -3.62. The van der Waals surface area contributed by atoms with Crippen molar-refractivity contribution in [3.63, 3.8) is 0 Å². The third-order valence-corrected chi connectivity index (χ3v) is 6.39. The van der Waals surface area contributed by atoms with Crippen LogP contribution >= 0.6 is 15.9 Å². The Hall–Kier alpha value is -0.500. The van der Waals surface area contributed by atoms with E-state index >= 15 is 0 Å². The molecule has 4 nitrogen and oxygen atoms in total. The molecule has 0 spiro atoms. The van der Waals surface area contributed by atoms with Gasteiger partial charge in [0.05, 0.1) is 9.37 Å². The minimum atomic E-state index is -3.62. The summed E-state index contributed by atoms with van der Waals surface area (Å²) in [5.74, 6) is -0.448. The Bertz CT molecular complexity index is 616. The maximum Gasteiger partial charge on any atom is 0.243 e. The van der Waals surface area contributed by atoms with Gasteiger partial charge in [-0.25, -0.2) is 12.8 Å². The molecule has 1 aliphatic heterocycles. The van der Waals surface area contributed by atoms with Gasteiger partial charge in [-0.2, -0.15) is 4.31 Å². The highest BCUT2D eigenvalue weighted by atomic mass is 79.9. The minimum absolute atomic E-state index is 0.0295. The van der Waals surface area contributed by atoms with Crippen molar-refractivity contribution < 1.29 is 12.8 Å². The molecular weight excluding hydrogens is 359 g/mol. The topological polar surface area (TPSA) is 49.4 Å². The molecule has 118 valence electrons. The molecule has 7 heteroatoms. The zero-order valence-electron chi connectivity index (χ0n) is 12.2. The van der Waals surface area contributed by atoms with E-state index in [1.54, 1.807) is 11.2 Å². The van der Waals surface area contributed by atoms with Crippen LogP contribution in [0.1, 0.15) is 25.3 Å². The highest BCUT2D eigenvalue weighted by molar-refractivity contribution is 9.10. The van der Waals surface area contributed by atoms with Crippen LogP contribution in [0.15, 0.2) is 21.5 Å². The number of benzene rings is 1. The smallest absolute Gasteiger partial charge is 0.243 e. The standard InChI is InChI=1S/C14H20BrFN2O2S/c1-3-6-18(11-4-5-17-9-11)21(19,20)14-8-12(15)13(16)7-10(14)2/h7-8,11,17H,3-6,9H2,1-2H3. The SMILES string of the molecule is CCCN(C1CCNC1)S(=O)(=O)c1cc(Br)c(F)cc1C. The molecule has 1 fully saturated rings. The van der Waals surface area contributed by atoms with E-state index in [0.29, 0.717) is 18.7 Å². The Morgan fingerprint density at radius 3 is 2.76 bits per heavy atom. The van der Waals surface area contributed by atoms with Gasteiger partial charge in [-0.05, 0) is 59.9 Å². The second-order valence-electron chi connectivity index (χ2n) is 5.29. The van der Waals surface area contributed by atoms with E-state index in [0.717, 1.165) is 19.4 Å². The number of aryl methyl sites for hydroxylation is 1. The largest absolute Gasteiger partial charge is 0.315 e. The molecular formula is C14H20BrFN2O2S. The highest BCUT2D eigenvalue weighted by Crippen LogP contribution is 2.28. The van der Waals surface area contributed by atoms with Crippen LogP contribution in [-0.4, -0.2) is 38.4 Å². The molecule has 1 aliphatic rings. The first-order chi connectivity index (χ1) is 9.87. The van der Waals surface area contributed by atoms with Crippen molar-refractivity contribution in [1.29, 1.82) is 0 Å². The maximum atomic E-state index is 13.5. The van der Waals surface area contributed by atoms with Gasteiger partial charge < -0.3 is 5.32 Å². The van der Waals surface area contributed by atoms with E-state index in [4.69, 9.17) is 0 Å². The number of nitrogens with one attached hydrogen (secondary N) is 1. The number of rotatable bonds is 5. The summed E-state index contributed by atoms with van der Waals surface area (Å²) < 4.78 is 41.2. The molecule has 1 aromatic rings. The fourth-order valence-electron chi connectivity index (χ4n) is 2.64. The second kappa shape index (κ2) is 6.73. The molecule has 1 aromatic carbocycles.